The van der Waals surface area contributed by atoms with Gasteiger partial charge in [0.2, 0.25) is 0 Å². The lowest BCUT2D eigenvalue weighted by molar-refractivity contribution is 0.269. The van der Waals surface area contributed by atoms with Gasteiger partial charge in [-0.1, -0.05) is 72.4 Å². The van der Waals surface area contributed by atoms with Crippen molar-refractivity contribution in [3.8, 4) is 23.6 Å². The second-order valence-corrected chi connectivity index (χ2v) is 13.0. The van der Waals surface area contributed by atoms with E-state index in [1.807, 2.05) is 24.3 Å². The van der Waals surface area contributed by atoms with Crippen LogP contribution < -0.4 is 15.2 Å². The molecule has 0 radical (unpaired) electrons. The van der Waals surface area contributed by atoms with Crippen molar-refractivity contribution in [2.45, 2.75) is 87.2 Å². The second kappa shape index (κ2) is 13.7. The Morgan fingerprint density at radius 1 is 0.889 bits per heavy atom. The molecule has 0 amide bonds. The summed E-state index contributed by atoms with van der Waals surface area (Å²) in [5.41, 5.74) is 7.42. The zero-order valence-corrected chi connectivity index (χ0v) is 24.2. The topological polar surface area (TPSA) is 92.1 Å². The van der Waals surface area contributed by atoms with Crippen molar-refractivity contribution in [1.29, 1.82) is 10.5 Å². The van der Waals surface area contributed by atoms with Crippen LogP contribution in [0.4, 0.5) is 5.69 Å². The van der Waals surface area contributed by atoms with Crippen LogP contribution in [0, 0.1) is 34.5 Å². The summed E-state index contributed by atoms with van der Waals surface area (Å²) in [6.07, 6.45) is 2.58. The van der Waals surface area contributed by atoms with Gasteiger partial charge in [-0.2, -0.15) is 10.5 Å². The number of nitrogen functional groups attached to an aromatic ring is 1. The number of thioether (sulfide) groups is 1. The van der Waals surface area contributed by atoms with E-state index in [4.69, 9.17) is 15.2 Å². The molecule has 2 rings (SSSR count). The number of hydrogen-bond acceptors (Lipinski definition) is 7. The lowest BCUT2D eigenvalue weighted by Gasteiger charge is -2.28. The van der Waals surface area contributed by atoms with Gasteiger partial charge in [-0.25, -0.2) is 0 Å². The molecule has 0 saturated carbocycles. The van der Waals surface area contributed by atoms with Crippen LogP contribution in [0.2, 0.25) is 0 Å². The number of nitrogens with two attached hydrogens (primary N) is 1. The molecule has 0 aliphatic rings. The summed E-state index contributed by atoms with van der Waals surface area (Å²) < 4.78 is 12.5. The molecule has 2 aromatic carbocycles. The van der Waals surface area contributed by atoms with Crippen molar-refractivity contribution in [2.75, 3.05) is 18.9 Å². The average Bonchev–Trinajstić information content (AvgIpc) is 2.82. The first kappa shape index (κ1) is 29.7. The molecule has 0 bridgehead atoms. The predicted octanol–water partition coefficient (Wildman–Crippen LogP) is 8.29. The molecule has 0 aliphatic carbocycles. The third kappa shape index (κ3) is 8.02. The maximum atomic E-state index is 10.2. The number of benzene rings is 2. The molecule has 194 valence electrons. The predicted molar refractivity (Wildman–Crippen MR) is 151 cm³/mol. The van der Waals surface area contributed by atoms with Gasteiger partial charge in [0.1, 0.15) is 23.3 Å². The molecule has 0 spiro atoms. The Morgan fingerprint density at radius 3 is 1.83 bits per heavy atom. The summed E-state index contributed by atoms with van der Waals surface area (Å²) in [6, 6.07) is 12.2. The molecule has 0 fully saturated rings. The van der Waals surface area contributed by atoms with Crippen molar-refractivity contribution in [1.82, 2.24) is 0 Å². The van der Waals surface area contributed by atoms with Crippen molar-refractivity contribution in [3.63, 3.8) is 0 Å². The van der Waals surface area contributed by atoms with E-state index in [1.165, 1.54) is 11.8 Å². The summed E-state index contributed by atoms with van der Waals surface area (Å²) in [5.74, 6) is 1.80. The Balaban J connectivity index is 2.85. The fourth-order valence-corrected chi connectivity index (χ4v) is 5.54. The molecule has 0 heterocycles. The van der Waals surface area contributed by atoms with E-state index in [0.29, 0.717) is 42.2 Å². The zero-order chi connectivity index (χ0) is 26.9. The van der Waals surface area contributed by atoms with E-state index < -0.39 is 0 Å². The number of ether oxygens (including phenoxy) is 2. The van der Waals surface area contributed by atoms with Gasteiger partial charge in [-0.05, 0) is 43.2 Å². The fraction of sp³-hybridized carbons (Fsp3) is 0.517. The van der Waals surface area contributed by atoms with Gasteiger partial charge in [0.25, 0.3) is 0 Å². The van der Waals surface area contributed by atoms with Gasteiger partial charge in [0, 0.05) is 15.3 Å². The van der Waals surface area contributed by atoms with Crippen molar-refractivity contribution >= 4 is 29.2 Å². The quantitative estimate of drug-likeness (QED) is 0.208. The summed E-state index contributed by atoms with van der Waals surface area (Å²) in [5, 5.41) is 20.4. The van der Waals surface area contributed by atoms with Crippen molar-refractivity contribution < 1.29 is 9.47 Å². The molecule has 0 atom stereocenters. The summed E-state index contributed by atoms with van der Waals surface area (Å²) >= 11 is 3.13. The fourth-order valence-electron chi connectivity index (χ4n) is 3.16. The number of hydrogen-bond donors (Lipinski definition) is 1. The molecule has 5 nitrogen and oxygen atoms in total. The van der Waals surface area contributed by atoms with Gasteiger partial charge in [0.15, 0.2) is 11.5 Å². The van der Waals surface area contributed by atoms with E-state index in [0.717, 1.165) is 33.9 Å². The standard InChI is InChI=1S/C29H39N3O2S2/c1-8-29(6,7)36-28-26(34-16-14-20(4)5)22(18-31)21(17-30)25(33-15-13-19(2)3)27(28)35-24-12-10-9-11-23(24)32/h9-12,19-20H,8,13-16,32H2,1-7H3. The van der Waals surface area contributed by atoms with Crippen LogP contribution in [0.1, 0.15) is 78.9 Å². The summed E-state index contributed by atoms with van der Waals surface area (Å²) in [4.78, 5) is 2.47. The lowest BCUT2D eigenvalue weighted by Crippen LogP contribution is -2.15. The third-order valence-electron chi connectivity index (χ3n) is 5.79. The number of para-hydroxylation sites is 1. The summed E-state index contributed by atoms with van der Waals surface area (Å²) in [7, 11) is 0. The smallest absolute Gasteiger partial charge is 0.153 e. The van der Waals surface area contributed by atoms with Gasteiger partial charge in [0.05, 0.1) is 23.0 Å². The van der Waals surface area contributed by atoms with Gasteiger partial charge < -0.3 is 15.2 Å². The molecule has 7 heteroatoms. The molecule has 2 N–H and O–H groups in total. The molecular formula is C29H39N3O2S2. The van der Waals surface area contributed by atoms with Crippen LogP contribution in [-0.4, -0.2) is 18.0 Å². The average molecular weight is 526 g/mol. The highest BCUT2D eigenvalue weighted by Gasteiger charge is 2.31. The minimum absolute atomic E-state index is 0.135. The van der Waals surface area contributed by atoms with Crippen LogP contribution in [0.3, 0.4) is 0 Å². The van der Waals surface area contributed by atoms with E-state index in [-0.39, 0.29) is 15.9 Å². The minimum atomic E-state index is -0.135. The highest BCUT2D eigenvalue weighted by atomic mass is 32.2. The molecule has 2 aromatic rings. The van der Waals surface area contributed by atoms with E-state index in [1.54, 1.807) is 11.8 Å². The second-order valence-electron chi connectivity index (χ2n) is 10.2. The van der Waals surface area contributed by atoms with E-state index in [2.05, 4.69) is 60.6 Å². The highest BCUT2D eigenvalue weighted by Crippen LogP contribution is 2.54. The van der Waals surface area contributed by atoms with Crippen LogP contribution in [0.15, 0.2) is 39.0 Å². The molecule has 0 aromatic heterocycles. The number of anilines is 1. The summed E-state index contributed by atoms with van der Waals surface area (Å²) in [6.45, 7) is 15.9. The largest absolute Gasteiger partial charge is 0.491 e. The molecule has 0 aliphatic heterocycles. The Kier molecular flexibility index (Phi) is 11.3. The zero-order valence-electron chi connectivity index (χ0n) is 22.6. The number of nitriles is 2. The van der Waals surface area contributed by atoms with E-state index in [9.17, 15) is 10.5 Å². The first-order valence-corrected chi connectivity index (χ1v) is 14.2. The lowest BCUT2D eigenvalue weighted by atomic mass is 10.1. The van der Waals surface area contributed by atoms with Crippen LogP contribution in [-0.2, 0) is 0 Å². The Hall–Kier alpha value is -2.48. The Bertz CT molecular complexity index is 1110. The number of rotatable bonds is 13. The van der Waals surface area contributed by atoms with Crippen LogP contribution in [0.5, 0.6) is 11.5 Å². The maximum absolute atomic E-state index is 10.2. The molecular weight excluding hydrogens is 486 g/mol. The minimum Gasteiger partial charge on any atom is -0.491 e. The normalized spacial score (nSPS) is 11.4. The number of nitrogens with zero attached hydrogens (tertiary/aromatic N) is 2. The Labute approximate surface area is 225 Å². The molecule has 0 saturated heterocycles. The maximum Gasteiger partial charge on any atom is 0.153 e. The van der Waals surface area contributed by atoms with E-state index >= 15 is 0 Å². The first-order valence-electron chi connectivity index (χ1n) is 12.6. The third-order valence-corrected chi connectivity index (χ3v) is 8.54. The van der Waals surface area contributed by atoms with Gasteiger partial charge in [-0.3, -0.25) is 0 Å². The highest BCUT2D eigenvalue weighted by molar-refractivity contribution is 8.03. The molecule has 0 unspecified atom stereocenters. The SMILES string of the molecule is CCC(C)(C)Sc1c(OCCC(C)C)c(C#N)c(C#N)c(OCCC(C)C)c1Sc1ccccc1N. The Morgan fingerprint density at radius 2 is 1.39 bits per heavy atom. The van der Waals surface area contributed by atoms with Gasteiger partial charge in [-0.15, -0.1) is 11.8 Å². The van der Waals surface area contributed by atoms with Gasteiger partial charge >= 0.3 is 0 Å². The van der Waals surface area contributed by atoms with Crippen LogP contribution >= 0.6 is 23.5 Å². The monoisotopic (exact) mass is 525 g/mol. The van der Waals surface area contributed by atoms with Crippen LogP contribution in [0.25, 0.3) is 0 Å². The first-order chi connectivity index (χ1) is 17.0. The van der Waals surface area contributed by atoms with Crippen molar-refractivity contribution in [2.24, 2.45) is 11.8 Å². The molecule has 36 heavy (non-hydrogen) atoms. The van der Waals surface area contributed by atoms with Crippen molar-refractivity contribution in [3.05, 3.63) is 35.4 Å².